The molecule has 8 N–H and O–H groups in total. The van der Waals surface area contributed by atoms with Crippen LogP contribution in [-0.4, -0.2) is 111 Å². The number of carbonyl (C=O) groups is 2. The van der Waals surface area contributed by atoms with E-state index in [0.717, 1.165) is 140 Å². The molecule has 0 unspecified atom stereocenters. The highest BCUT2D eigenvalue weighted by Crippen LogP contribution is 2.61. The molecule has 21 nitrogen and oxygen atoms in total. The number of allylic oxidation sites excluding steroid dienone is 1. The van der Waals surface area contributed by atoms with E-state index in [2.05, 4.69) is 130 Å². The van der Waals surface area contributed by atoms with Gasteiger partial charge in [-0.2, -0.15) is 0 Å². The molecule has 614 valence electrons. The van der Waals surface area contributed by atoms with Crippen LogP contribution in [0.1, 0.15) is 143 Å². The third-order valence-corrected chi connectivity index (χ3v) is 20.9. The van der Waals surface area contributed by atoms with Gasteiger partial charge in [0.15, 0.2) is 22.7 Å². The fourth-order valence-corrected chi connectivity index (χ4v) is 15.4. The number of anilines is 1. The molecular formula is C94H95Cl4N16O5P. The second-order valence-corrected chi connectivity index (χ2v) is 36.0. The fourth-order valence-electron chi connectivity index (χ4n) is 15.1. The number of benzene rings is 8. The highest BCUT2D eigenvalue weighted by atomic mass is 36.0. The van der Waals surface area contributed by atoms with Crippen LogP contribution in [0, 0.1) is 26.3 Å². The molecule has 8 aromatic carbocycles. The molecule has 2 aliphatic heterocycles. The van der Waals surface area contributed by atoms with Crippen LogP contribution in [-0.2, 0) is 70.3 Å². The van der Waals surface area contributed by atoms with Crippen molar-refractivity contribution in [1.82, 2.24) is 39.7 Å². The molecule has 5 heterocycles. The maximum absolute atomic E-state index is 12.5. The number of aromatic nitrogens is 6. The van der Waals surface area contributed by atoms with Crippen LogP contribution in [0.15, 0.2) is 205 Å². The van der Waals surface area contributed by atoms with Crippen molar-refractivity contribution in [3.05, 3.63) is 346 Å². The minimum absolute atomic E-state index is 0. The number of nitrogens with one attached hydrogen (secondary N) is 2. The largest absolute Gasteiger partial charge is 0.469 e. The van der Waals surface area contributed by atoms with E-state index in [-0.39, 0.29) is 19.0 Å². The number of nitrogens with two attached hydrogens (primary N) is 3. The number of carbonyl (C=O) groups excluding carboxylic acids is 2. The summed E-state index contributed by atoms with van der Waals surface area (Å²) in [5, 5.41) is 0.915. The number of piperidine rings is 2. The molecule has 0 radical (unpaired) electrons. The summed E-state index contributed by atoms with van der Waals surface area (Å²) in [5.74, 6) is 2.50. The Hall–Kier alpha value is -11.7. The Kier molecular flexibility index (Phi) is 33.9. The van der Waals surface area contributed by atoms with Crippen LogP contribution in [0.3, 0.4) is 0 Å². The minimum Gasteiger partial charge on any atom is -0.469 e. The molecule has 0 bridgehead atoms. The number of esters is 1. The Morgan fingerprint density at radius 3 is 1.35 bits per heavy atom. The number of H-pyrrole nitrogens is 1. The molecule has 0 spiro atoms. The Balaban J connectivity index is 0.000000155. The van der Waals surface area contributed by atoms with E-state index in [4.69, 9.17) is 70.0 Å². The van der Waals surface area contributed by atoms with Gasteiger partial charge in [0.05, 0.1) is 68.0 Å². The van der Waals surface area contributed by atoms with E-state index in [1.54, 1.807) is 24.3 Å². The van der Waals surface area contributed by atoms with Gasteiger partial charge in [0.1, 0.15) is 28.4 Å². The predicted octanol–water partition coefficient (Wildman–Crippen LogP) is 20.4. The molecule has 0 atom stereocenters. The smallest absolute Gasteiger partial charge is 0.339 e. The molecule has 2 saturated heterocycles. The van der Waals surface area contributed by atoms with Gasteiger partial charge in [0.2, 0.25) is 0 Å². The van der Waals surface area contributed by atoms with E-state index in [1.807, 2.05) is 127 Å². The fraction of sp³-hybridized carbons (Fsp3) is 0.277. The first kappa shape index (κ1) is 90.6. The van der Waals surface area contributed by atoms with Crippen molar-refractivity contribution in [1.29, 1.82) is 0 Å². The summed E-state index contributed by atoms with van der Waals surface area (Å²) in [5.41, 5.74) is 37.6. The standard InChI is InChI=1S/C27H29N5.C19H12ClN3.C19H13N3O.C11H9N3O.C9H10O2.C8H18N2.CH4.Cl3OP/c1-28-22-11-12-23-21(18-22)19-24-26(23)27(29-13-8-16-32-14-6-3-7-15-32)31-25(30-24)17-20-9-4-2-5-10-20;1-21-14-7-8-15-13(10-14)11-16-18(15)19(20)23-17(22-16)9-12-5-3-2-4-6-12;1-20-14-7-8-15-13(10-14)11-16-18(15)19(23)22-17(21-16)9-12-5-3-2-4-6-12;1-14-7-2-3-8-6(4-7)5-9(12)10(8)11(13)15;1-11-9(10)7-8-5-3-2-4-6-8;9-5-4-8-10-6-2-1-3-7-10;;1-5(2,3)4/h2,4-5,9-12,18H,3,6-8,13-17,19H2,(H,29,30,31);2-8,10H,9,11H2;2-8,10H,9,11H2,(H,21,22,23);2-4H,5,12H2,(H2,13,15);2-6H,7H2,1H3;1-9H2;1H4;. The van der Waals surface area contributed by atoms with Crippen LogP contribution < -0.4 is 28.1 Å². The van der Waals surface area contributed by atoms with Gasteiger partial charge >= 0.3 is 11.2 Å². The lowest BCUT2D eigenvalue weighted by molar-refractivity contribution is -0.139. The van der Waals surface area contributed by atoms with E-state index >= 15 is 0 Å². The lowest BCUT2D eigenvalue weighted by Crippen LogP contribution is -2.31. The van der Waals surface area contributed by atoms with Crippen LogP contribution in [0.25, 0.3) is 58.3 Å². The summed E-state index contributed by atoms with van der Waals surface area (Å²) in [6.07, 6.45) is 15.5. The van der Waals surface area contributed by atoms with Gasteiger partial charge < -0.3 is 42.0 Å². The maximum Gasteiger partial charge on any atom is 0.339 e. The number of methoxy groups -OCH3 is 1. The number of hydrogen-bond acceptors (Lipinski definition) is 15. The molecule has 1 amide bonds. The molecule has 11 aromatic rings. The van der Waals surface area contributed by atoms with Crippen molar-refractivity contribution in [3.63, 3.8) is 0 Å². The number of primary amides is 1. The summed E-state index contributed by atoms with van der Waals surface area (Å²) in [6.45, 7) is 37.7. The average molecular weight is 1700 g/mol. The number of fused-ring (bicyclic) bond motifs is 10. The van der Waals surface area contributed by atoms with Gasteiger partial charge in [0, 0.05) is 68.3 Å². The van der Waals surface area contributed by atoms with Crippen molar-refractivity contribution >= 4 is 96.5 Å². The monoisotopic (exact) mass is 1700 g/mol. The molecule has 120 heavy (non-hydrogen) atoms. The second-order valence-electron chi connectivity index (χ2n) is 29.0. The summed E-state index contributed by atoms with van der Waals surface area (Å²) in [7, 11) is 1.39. The second kappa shape index (κ2) is 44.9. The number of hydrogen-bond donors (Lipinski definition) is 5. The third kappa shape index (κ3) is 25.9. The van der Waals surface area contributed by atoms with Gasteiger partial charge in [-0.1, -0.05) is 226 Å². The molecule has 26 heteroatoms. The van der Waals surface area contributed by atoms with Crippen LogP contribution in [0.4, 0.5) is 28.6 Å². The summed E-state index contributed by atoms with van der Waals surface area (Å²) < 4.78 is 14.0. The summed E-state index contributed by atoms with van der Waals surface area (Å²) >= 11 is 20.3. The topological polar surface area (TPSA) is 272 Å². The van der Waals surface area contributed by atoms with Crippen molar-refractivity contribution in [2.24, 2.45) is 17.2 Å². The zero-order chi connectivity index (χ0) is 84.2. The first-order chi connectivity index (χ1) is 57.7. The predicted molar refractivity (Wildman–Crippen MR) is 483 cm³/mol. The lowest BCUT2D eigenvalue weighted by Gasteiger charge is -2.26. The van der Waals surface area contributed by atoms with E-state index in [1.165, 1.54) is 95.9 Å². The highest BCUT2D eigenvalue weighted by molar-refractivity contribution is 8.24. The Bertz CT molecular complexity index is 5710. The van der Waals surface area contributed by atoms with E-state index in [0.29, 0.717) is 89.1 Å². The molecule has 4 aliphatic carbocycles. The van der Waals surface area contributed by atoms with Crippen molar-refractivity contribution in [3.8, 4) is 33.4 Å². The zero-order valence-electron chi connectivity index (χ0n) is 66.1. The Morgan fingerprint density at radius 2 is 0.908 bits per heavy atom. The molecular weight excluding hydrogens is 1610 g/mol. The molecule has 2 fully saturated rings. The molecule has 0 saturated carbocycles. The number of amides is 1. The molecule has 3 aromatic heterocycles. The number of rotatable bonds is 17. The Labute approximate surface area is 721 Å². The van der Waals surface area contributed by atoms with Crippen LogP contribution in [0.5, 0.6) is 0 Å². The van der Waals surface area contributed by atoms with Crippen LogP contribution >= 0.6 is 50.5 Å². The SMILES string of the molecule is C.COC(=O)Cc1ccccc1.NCCCN1CCCCC1.O=P(Cl)(Cl)Cl.[C-]#[N+]c1ccc2c(c1)CC(N)=C2C(N)=O.[C-]#[N+]c1ccc2c(c1)Cc1nc(Cc3ccccc3)[nH]c(=O)c1-2.[C-]#[N+]c1ccc2c(c1)Cc1nc(Cc3ccccc3)nc(Cl)c1-2.[C-]#[N+]c1ccc2c(c1)Cc1nc(Cc3ccccc3)nc(NCCCN3CCCCC3)c1-2. The normalized spacial score (nSPS) is 13.3. The van der Waals surface area contributed by atoms with E-state index < -0.39 is 11.1 Å². The first-order valence-electron chi connectivity index (χ1n) is 39.4. The summed E-state index contributed by atoms with van der Waals surface area (Å²) in [4.78, 5) is 80.0. The summed E-state index contributed by atoms with van der Waals surface area (Å²) in [6, 6.07) is 62.2. The van der Waals surface area contributed by atoms with Gasteiger partial charge in [-0.15, -0.1) is 0 Å². The highest BCUT2D eigenvalue weighted by Gasteiger charge is 2.29. The maximum atomic E-state index is 12.5. The van der Waals surface area contributed by atoms with Crippen molar-refractivity contribution < 1.29 is 18.9 Å². The third-order valence-electron chi connectivity index (χ3n) is 20.6. The zero-order valence-corrected chi connectivity index (χ0v) is 70.0. The Morgan fingerprint density at radius 1 is 0.517 bits per heavy atom. The van der Waals surface area contributed by atoms with Gasteiger partial charge in [0.25, 0.3) is 11.5 Å². The van der Waals surface area contributed by atoms with Gasteiger partial charge in [-0.25, -0.2) is 44.3 Å². The molecule has 17 rings (SSSR count). The first-order valence-corrected chi connectivity index (χ1v) is 44.2. The number of ether oxygens (including phenoxy) is 1. The van der Waals surface area contributed by atoms with Crippen molar-refractivity contribution in [2.45, 2.75) is 110 Å². The van der Waals surface area contributed by atoms with E-state index in [9.17, 15) is 18.9 Å². The quantitative estimate of drug-likeness (QED) is 0.0186. The lowest BCUT2D eigenvalue weighted by atomic mass is 10.0. The average Bonchev–Trinajstić information content (AvgIpc) is 1.61. The molecule has 6 aliphatic rings. The van der Waals surface area contributed by atoms with Crippen molar-refractivity contribution in [2.75, 3.05) is 64.8 Å². The number of aromatic amines is 1. The minimum atomic E-state index is -3.22. The number of halogens is 4. The van der Waals surface area contributed by atoms with Crippen LogP contribution in [0.2, 0.25) is 5.15 Å². The number of likely N-dealkylation sites (tertiary alicyclic amines) is 2. The van der Waals surface area contributed by atoms with Gasteiger partial charge in [-0.3, -0.25) is 18.9 Å². The van der Waals surface area contributed by atoms with Gasteiger partial charge in [-0.05, 0) is 185 Å². The number of nitrogens with zero attached hydrogens (tertiary/aromatic N) is 11.